The summed E-state index contributed by atoms with van der Waals surface area (Å²) in [6, 6.07) is 1.45. The maximum absolute atomic E-state index is 13.4. The van der Waals surface area contributed by atoms with Crippen molar-refractivity contribution in [2.75, 3.05) is 0 Å². The number of Topliss-reactive ketones (excluding diaryl/α,β-unsaturated/α-hetero) is 1. The van der Waals surface area contributed by atoms with Crippen molar-refractivity contribution in [1.29, 1.82) is 0 Å². The fourth-order valence-corrected chi connectivity index (χ4v) is 8.45. The zero-order valence-electron chi connectivity index (χ0n) is 20.6. The van der Waals surface area contributed by atoms with Crippen molar-refractivity contribution in [2.45, 2.75) is 78.2 Å². The molecule has 1 aromatic rings. The predicted octanol–water partition coefficient (Wildman–Crippen LogP) is 4.48. The number of aliphatic hydroxyl groups is 1. The van der Waals surface area contributed by atoms with Gasteiger partial charge in [-0.3, -0.25) is 14.4 Å². The van der Waals surface area contributed by atoms with Crippen LogP contribution < -0.4 is 0 Å². The number of phenolic OH excluding ortho intramolecular Hbond substituents is 2. The number of allylic oxidation sites excluding steroid dienone is 2. The molecule has 6 heteroatoms. The lowest BCUT2D eigenvalue weighted by molar-refractivity contribution is -0.190. The molecule has 3 N–H and O–H groups in total. The Morgan fingerprint density at radius 3 is 2.35 bits per heavy atom. The lowest BCUT2D eigenvalue weighted by atomic mass is 9.35. The van der Waals surface area contributed by atoms with Gasteiger partial charge in [-0.2, -0.15) is 0 Å². The highest BCUT2D eigenvalue weighted by molar-refractivity contribution is 6.13. The molecule has 3 fully saturated rings. The van der Waals surface area contributed by atoms with Crippen molar-refractivity contribution < 1.29 is 29.7 Å². The number of ketones is 2. The molecule has 34 heavy (non-hydrogen) atoms. The summed E-state index contributed by atoms with van der Waals surface area (Å²) < 4.78 is 0. The molecule has 1 aromatic carbocycles. The van der Waals surface area contributed by atoms with Gasteiger partial charge in [-0.15, -0.1) is 0 Å². The number of aliphatic hydroxyl groups excluding tert-OH is 1. The van der Waals surface area contributed by atoms with Gasteiger partial charge in [0.05, 0.1) is 5.56 Å². The van der Waals surface area contributed by atoms with E-state index in [4.69, 9.17) is 0 Å². The van der Waals surface area contributed by atoms with Gasteiger partial charge in [0.15, 0.2) is 29.4 Å². The molecule has 0 spiro atoms. The van der Waals surface area contributed by atoms with Crippen LogP contribution in [0.3, 0.4) is 0 Å². The summed E-state index contributed by atoms with van der Waals surface area (Å²) in [6.45, 7) is 10.5. The van der Waals surface area contributed by atoms with Crippen LogP contribution in [0.2, 0.25) is 0 Å². The average molecular weight is 467 g/mol. The molecule has 0 aromatic heterocycles. The highest BCUT2D eigenvalue weighted by Gasteiger charge is 2.68. The second-order valence-electron chi connectivity index (χ2n) is 12.2. The fourth-order valence-electron chi connectivity index (χ4n) is 8.45. The minimum absolute atomic E-state index is 0.0655. The number of carbonyl (C=O) groups is 3. The maximum atomic E-state index is 13.4. The molecule has 0 amide bonds. The number of hydrogen-bond acceptors (Lipinski definition) is 6. The van der Waals surface area contributed by atoms with Crippen LogP contribution in [-0.2, 0) is 10.2 Å². The number of benzene rings is 1. The van der Waals surface area contributed by atoms with Crippen LogP contribution in [0.5, 0.6) is 11.5 Å². The molecule has 7 atom stereocenters. The predicted molar refractivity (Wildman–Crippen MR) is 126 cm³/mol. The SMILES string of the molecule is C[C@@H]1C[C@@H]2[C@@](C)(CC[C@]3(C)C4=CC(=O)c5c(cc(O)c(O)c5C=O)[C@]4(C)CC[C@@]23C)[C@H](O)C1=O. The highest BCUT2D eigenvalue weighted by atomic mass is 16.3. The first-order valence-corrected chi connectivity index (χ1v) is 12.3. The monoisotopic (exact) mass is 466 g/mol. The Bertz CT molecular complexity index is 1180. The van der Waals surface area contributed by atoms with Gasteiger partial charge in [0.1, 0.15) is 6.10 Å². The minimum Gasteiger partial charge on any atom is -0.504 e. The molecule has 5 rings (SSSR count). The molecular weight excluding hydrogens is 432 g/mol. The molecule has 3 saturated carbocycles. The second-order valence-corrected chi connectivity index (χ2v) is 12.2. The lowest BCUT2D eigenvalue weighted by Crippen LogP contribution is -2.65. The molecule has 182 valence electrons. The minimum atomic E-state index is -0.978. The molecule has 6 nitrogen and oxygen atoms in total. The molecule has 0 heterocycles. The Labute approximate surface area is 200 Å². The van der Waals surface area contributed by atoms with E-state index in [0.717, 1.165) is 24.8 Å². The Morgan fingerprint density at radius 2 is 1.71 bits per heavy atom. The van der Waals surface area contributed by atoms with E-state index in [1.54, 1.807) is 6.08 Å². The first-order chi connectivity index (χ1) is 15.8. The topological polar surface area (TPSA) is 112 Å². The van der Waals surface area contributed by atoms with Gasteiger partial charge >= 0.3 is 0 Å². The van der Waals surface area contributed by atoms with Crippen molar-refractivity contribution >= 4 is 17.9 Å². The first-order valence-electron chi connectivity index (χ1n) is 12.3. The summed E-state index contributed by atoms with van der Waals surface area (Å²) in [5.41, 5.74) is -0.0887. The van der Waals surface area contributed by atoms with Crippen LogP contribution >= 0.6 is 0 Å². The number of rotatable bonds is 1. The molecule has 0 radical (unpaired) electrons. The molecule has 0 bridgehead atoms. The maximum Gasteiger partial charge on any atom is 0.187 e. The molecule has 4 aliphatic carbocycles. The summed E-state index contributed by atoms with van der Waals surface area (Å²) >= 11 is 0. The summed E-state index contributed by atoms with van der Waals surface area (Å²) in [4.78, 5) is 37.9. The van der Waals surface area contributed by atoms with Gasteiger partial charge in [0.2, 0.25) is 0 Å². The van der Waals surface area contributed by atoms with Crippen molar-refractivity contribution in [1.82, 2.24) is 0 Å². The first kappa shape index (κ1) is 23.3. The Morgan fingerprint density at radius 1 is 1.03 bits per heavy atom. The zero-order chi connectivity index (χ0) is 25.0. The van der Waals surface area contributed by atoms with Gasteiger partial charge in [-0.1, -0.05) is 34.6 Å². The zero-order valence-corrected chi connectivity index (χ0v) is 20.6. The number of fused-ring (bicyclic) bond motifs is 7. The Kier molecular flexibility index (Phi) is 4.66. The van der Waals surface area contributed by atoms with Crippen molar-refractivity contribution in [3.8, 4) is 11.5 Å². The third kappa shape index (κ3) is 2.48. The average Bonchev–Trinajstić information content (AvgIpc) is 2.79. The van der Waals surface area contributed by atoms with E-state index < -0.39 is 28.4 Å². The molecular formula is C28H34O6. The lowest BCUT2D eigenvalue weighted by Gasteiger charge is -2.69. The quantitative estimate of drug-likeness (QED) is 0.416. The van der Waals surface area contributed by atoms with Crippen molar-refractivity contribution in [3.05, 3.63) is 34.4 Å². The summed E-state index contributed by atoms with van der Waals surface area (Å²) in [6.07, 6.45) is 4.76. The van der Waals surface area contributed by atoms with Crippen LogP contribution in [0.1, 0.15) is 93.0 Å². The fraction of sp³-hybridized carbons (Fsp3) is 0.607. The van der Waals surface area contributed by atoms with Crippen LogP contribution in [0.25, 0.3) is 0 Å². The highest BCUT2D eigenvalue weighted by Crippen LogP contribution is 2.73. The summed E-state index contributed by atoms with van der Waals surface area (Å²) in [5, 5.41) is 31.7. The van der Waals surface area contributed by atoms with Crippen LogP contribution in [0.4, 0.5) is 0 Å². The van der Waals surface area contributed by atoms with E-state index in [1.165, 1.54) is 6.07 Å². The third-order valence-electron chi connectivity index (χ3n) is 10.8. The van der Waals surface area contributed by atoms with Gasteiger partial charge < -0.3 is 15.3 Å². The number of aldehydes is 1. The number of hydrogen-bond donors (Lipinski definition) is 3. The molecule has 4 aliphatic rings. The number of carbonyl (C=O) groups excluding carboxylic acids is 3. The number of phenols is 2. The van der Waals surface area contributed by atoms with E-state index in [1.807, 2.05) is 6.92 Å². The van der Waals surface area contributed by atoms with E-state index in [9.17, 15) is 29.7 Å². The van der Waals surface area contributed by atoms with Crippen molar-refractivity contribution in [2.24, 2.45) is 28.1 Å². The van der Waals surface area contributed by atoms with Crippen LogP contribution in [-0.4, -0.2) is 39.3 Å². The smallest absolute Gasteiger partial charge is 0.187 e. The van der Waals surface area contributed by atoms with E-state index >= 15 is 0 Å². The van der Waals surface area contributed by atoms with Gasteiger partial charge in [0.25, 0.3) is 0 Å². The van der Waals surface area contributed by atoms with Gasteiger partial charge in [0, 0.05) is 22.3 Å². The molecule has 0 aliphatic heterocycles. The molecule has 0 saturated heterocycles. The standard InChI is InChI=1S/C28H34O6/c1-14-10-19-26(3,24(34)22(14)32)7-9-28(5)20-12-17(30)21-15(13-29)23(33)18(31)11-16(21)25(20,2)6-8-27(19,28)4/h11-14,19,24,31,33-34H,6-10H2,1-5H3/t14-,19-,24-,25+,26-,27+,28-/m1/s1. The Hall–Kier alpha value is -2.47. The summed E-state index contributed by atoms with van der Waals surface area (Å²) in [7, 11) is 0. The molecule has 0 unspecified atom stereocenters. The van der Waals surface area contributed by atoms with Gasteiger partial charge in [-0.05, 0) is 72.1 Å². The number of aromatic hydroxyl groups is 2. The third-order valence-corrected chi connectivity index (χ3v) is 10.8. The second kappa shape index (κ2) is 6.81. The van der Waals surface area contributed by atoms with E-state index in [-0.39, 0.29) is 45.4 Å². The van der Waals surface area contributed by atoms with Crippen molar-refractivity contribution in [3.63, 3.8) is 0 Å². The van der Waals surface area contributed by atoms with E-state index in [0.29, 0.717) is 24.7 Å². The summed E-state index contributed by atoms with van der Waals surface area (Å²) in [5.74, 6) is -1.44. The largest absolute Gasteiger partial charge is 0.504 e. The Balaban J connectivity index is 1.70. The normalized spacial score (nSPS) is 43.2. The van der Waals surface area contributed by atoms with Crippen LogP contribution in [0.15, 0.2) is 17.7 Å². The van der Waals surface area contributed by atoms with Gasteiger partial charge in [-0.25, -0.2) is 0 Å². The van der Waals surface area contributed by atoms with E-state index in [2.05, 4.69) is 27.7 Å². The van der Waals surface area contributed by atoms with Crippen LogP contribution in [0, 0.1) is 28.1 Å².